The molecular formula is C11H19N3O4. The lowest BCUT2D eigenvalue weighted by Gasteiger charge is -2.09. The van der Waals surface area contributed by atoms with Crippen molar-refractivity contribution in [3.8, 4) is 0 Å². The van der Waals surface area contributed by atoms with Gasteiger partial charge >= 0.3 is 0 Å². The molecule has 3 amide bonds. The van der Waals surface area contributed by atoms with Gasteiger partial charge in [-0.3, -0.25) is 14.4 Å². The molecule has 0 spiro atoms. The maximum atomic E-state index is 11.6. The predicted molar refractivity (Wildman–Crippen MR) is 63.6 cm³/mol. The number of carbonyl (C=O) groups is 3. The number of rotatable bonds is 7. The van der Waals surface area contributed by atoms with Crippen LogP contribution in [-0.2, 0) is 19.1 Å². The molecule has 102 valence electrons. The van der Waals surface area contributed by atoms with Crippen LogP contribution in [0.1, 0.15) is 12.8 Å². The highest BCUT2D eigenvalue weighted by molar-refractivity contribution is 5.89. The number of nitrogens with one attached hydrogen (secondary N) is 3. The van der Waals surface area contributed by atoms with Crippen LogP contribution in [0.25, 0.3) is 0 Å². The number of ether oxygens (including phenoxy) is 1. The van der Waals surface area contributed by atoms with Gasteiger partial charge in [-0.2, -0.15) is 0 Å². The SMILES string of the molecule is COCCNC(=O)CCNC(=O)C1CNC(=O)C1. The smallest absolute Gasteiger partial charge is 0.225 e. The molecule has 0 radical (unpaired) electrons. The number of carbonyl (C=O) groups excluding carboxylic acids is 3. The molecule has 0 aromatic carbocycles. The van der Waals surface area contributed by atoms with E-state index in [9.17, 15) is 14.4 Å². The summed E-state index contributed by atoms with van der Waals surface area (Å²) in [7, 11) is 1.56. The summed E-state index contributed by atoms with van der Waals surface area (Å²) in [5.41, 5.74) is 0. The van der Waals surface area contributed by atoms with Crippen LogP contribution in [-0.4, -0.2) is 51.1 Å². The molecule has 0 saturated carbocycles. The van der Waals surface area contributed by atoms with Crippen LogP contribution >= 0.6 is 0 Å². The highest BCUT2D eigenvalue weighted by Gasteiger charge is 2.27. The number of amides is 3. The van der Waals surface area contributed by atoms with E-state index in [1.807, 2.05) is 0 Å². The van der Waals surface area contributed by atoms with Gasteiger partial charge in [-0.15, -0.1) is 0 Å². The first kappa shape index (κ1) is 14.4. The normalized spacial score (nSPS) is 18.3. The highest BCUT2D eigenvalue weighted by Crippen LogP contribution is 2.08. The Morgan fingerprint density at radius 2 is 2.17 bits per heavy atom. The van der Waals surface area contributed by atoms with Crippen LogP contribution in [0.5, 0.6) is 0 Å². The first-order valence-corrected chi connectivity index (χ1v) is 5.93. The Morgan fingerprint density at radius 3 is 2.78 bits per heavy atom. The summed E-state index contributed by atoms with van der Waals surface area (Å²) in [6.45, 7) is 1.59. The second-order valence-corrected chi connectivity index (χ2v) is 4.09. The van der Waals surface area contributed by atoms with Gasteiger partial charge in [0, 0.05) is 39.6 Å². The van der Waals surface area contributed by atoms with E-state index in [0.29, 0.717) is 19.7 Å². The van der Waals surface area contributed by atoms with E-state index < -0.39 is 0 Å². The maximum Gasteiger partial charge on any atom is 0.225 e. The minimum atomic E-state index is -0.311. The van der Waals surface area contributed by atoms with E-state index in [-0.39, 0.29) is 43.0 Å². The molecule has 1 rings (SSSR count). The summed E-state index contributed by atoms with van der Waals surface area (Å²) in [5.74, 6) is -0.729. The molecule has 1 saturated heterocycles. The molecule has 1 aliphatic rings. The molecule has 1 fully saturated rings. The lowest BCUT2D eigenvalue weighted by atomic mass is 10.1. The van der Waals surface area contributed by atoms with Gasteiger partial charge in [-0.1, -0.05) is 0 Å². The van der Waals surface area contributed by atoms with Crippen molar-refractivity contribution in [3.05, 3.63) is 0 Å². The highest BCUT2D eigenvalue weighted by atomic mass is 16.5. The van der Waals surface area contributed by atoms with E-state index in [4.69, 9.17) is 4.74 Å². The van der Waals surface area contributed by atoms with Gasteiger partial charge < -0.3 is 20.7 Å². The zero-order chi connectivity index (χ0) is 13.4. The molecule has 0 bridgehead atoms. The van der Waals surface area contributed by atoms with Crippen LogP contribution in [0, 0.1) is 5.92 Å². The lowest BCUT2D eigenvalue weighted by molar-refractivity contribution is -0.126. The summed E-state index contributed by atoms with van der Waals surface area (Å²) in [4.78, 5) is 33.8. The zero-order valence-corrected chi connectivity index (χ0v) is 10.5. The fraction of sp³-hybridized carbons (Fsp3) is 0.727. The summed E-state index contributed by atoms with van der Waals surface area (Å²) in [6.07, 6.45) is 0.454. The second-order valence-electron chi connectivity index (χ2n) is 4.09. The first-order chi connectivity index (χ1) is 8.63. The number of hydrogen-bond acceptors (Lipinski definition) is 4. The monoisotopic (exact) mass is 257 g/mol. The minimum absolute atomic E-state index is 0.104. The molecule has 0 aromatic heterocycles. The number of hydrogen-bond donors (Lipinski definition) is 3. The molecule has 1 heterocycles. The Hall–Kier alpha value is -1.63. The van der Waals surface area contributed by atoms with Gasteiger partial charge in [-0.05, 0) is 0 Å². The van der Waals surface area contributed by atoms with Gasteiger partial charge in [0.2, 0.25) is 17.7 Å². The fourth-order valence-electron chi connectivity index (χ4n) is 1.62. The van der Waals surface area contributed by atoms with E-state index in [1.54, 1.807) is 7.11 Å². The zero-order valence-electron chi connectivity index (χ0n) is 10.5. The van der Waals surface area contributed by atoms with Crippen LogP contribution in [0.3, 0.4) is 0 Å². The average Bonchev–Trinajstić information content (AvgIpc) is 2.76. The van der Waals surface area contributed by atoms with Crippen molar-refractivity contribution in [2.24, 2.45) is 5.92 Å². The fourth-order valence-corrected chi connectivity index (χ4v) is 1.62. The first-order valence-electron chi connectivity index (χ1n) is 5.93. The largest absolute Gasteiger partial charge is 0.383 e. The predicted octanol–water partition coefficient (Wildman–Crippen LogP) is -1.61. The Balaban J connectivity index is 2.08. The van der Waals surface area contributed by atoms with Gasteiger partial charge in [0.1, 0.15) is 0 Å². The van der Waals surface area contributed by atoms with Crippen LogP contribution in [0.4, 0.5) is 0 Å². The van der Waals surface area contributed by atoms with E-state index in [0.717, 1.165) is 0 Å². The average molecular weight is 257 g/mol. The van der Waals surface area contributed by atoms with Crippen LogP contribution in [0.15, 0.2) is 0 Å². The standard InChI is InChI=1S/C11H19N3O4/c1-18-5-4-12-9(15)2-3-13-11(17)8-6-10(16)14-7-8/h8H,2-7H2,1H3,(H,12,15)(H,13,17)(H,14,16). The Morgan fingerprint density at radius 1 is 1.39 bits per heavy atom. The molecule has 1 unspecified atom stereocenters. The topological polar surface area (TPSA) is 96.5 Å². The molecule has 7 heteroatoms. The Bertz CT molecular complexity index is 319. The molecule has 7 nitrogen and oxygen atoms in total. The minimum Gasteiger partial charge on any atom is -0.383 e. The summed E-state index contributed by atoms with van der Waals surface area (Å²) in [6, 6.07) is 0. The summed E-state index contributed by atoms with van der Waals surface area (Å²) in [5, 5.41) is 7.89. The van der Waals surface area contributed by atoms with Crippen molar-refractivity contribution in [2.75, 3.05) is 33.4 Å². The van der Waals surface area contributed by atoms with E-state index in [1.165, 1.54) is 0 Å². The van der Waals surface area contributed by atoms with E-state index in [2.05, 4.69) is 16.0 Å². The van der Waals surface area contributed by atoms with Crippen molar-refractivity contribution in [2.45, 2.75) is 12.8 Å². The molecule has 18 heavy (non-hydrogen) atoms. The van der Waals surface area contributed by atoms with E-state index >= 15 is 0 Å². The molecule has 0 aliphatic carbocycles. The summed E-state index contributed by atoms with van der Waals surface area (Å²) >= 11 is 0. The van der Waals surface area contributed by atoms with Gasteiger partial charge in [0.15, 0.2) is 0 Å². The summed E-state index contributed by atoms with van der Waals surface area (Å²) < 4.78 is 4.79. The van der Waals surface area contributed by atoms with Crippen molar-refractivity contribution in [3.63, 3.8) is 0 Å². The molecule has 3 N–H and O–H groups in total. The van der Waals surface area contributed by atoms with Gasteiger partial charge in [-0.25, -0.2) is 0 Å². The molecule has 0 aromatic rings. The van der Waals surface area contributed by atoms with Crippen molar-refractivity contribution >= 4 is 17.7 Å². The molecular weight excluding hydrogens is 238 g/mol. The van der Waals surface area contributed by atoms with Crippen LogP contribution < -0.4 is 16.0 Å². The van der Waals surface area contributed by atoms with Crippen molar-refractivity contribution in [1.29, 1.82) is 0 Å². The van der Waals surface area contributed by atoms with Crippen molar-refractivity contribution < 1.29 is 19.1 Å². The molecule has 1 atom stereocenters. The maximum absolute atomic E-state index is 11.6. The Kier molecular flexibility index (Phi) is 6.13. The van der Waals surface area contributed by atoms with Gasteiger partial charge in [0.05, 0.1) is 12.5 Å². The third-order valence-electron chi connectivity index (χ3n) is 2.63. The van der Waals surface area contributed by atoms with Gasteiger partial charge in [0.25, 0.3) is 0 Å². The second kappa shape index (κ2) is 7.65. The molecule has 1 aliphatic heterocycles. The third kappa shape index (κ3) is 5.13. The Labute approximate surface area is 106 Å². The number of methoxy groups -OCH3 is 1. The third-order valence-corrected chi connectivity index (χ3v) is 2.63. The quantitative estimate of drug-likeness (QED) is 0.478. The van der Waals surface area contributed by atoms with Crippen molar-refractivity contribution in [1.82, 2.24) is 16.0 Å². The lowest BCUT2D eigenvalue weighted by Crippen LogP contribution is -2.35. The van der Waals surface area contributed by atoms with Crippen LogP contribution in [0.2, 0.25) is 0 Å².